The summed E-state index contributed by atoms with van der Waals surface area (Å²) in [5.74, 6) is 0.639. The molecule has 0 aliphatic heterocycles. The lowest BCUT2D eigenvalue weighted by Crippen LogP contribution is -1.77. The highest BCUT2D eigenvalue weighted by Gasteiger charge is 1.83. The molecule has 0 rings (SSSR count). The molecule has 0 saturated carbocycles. The van der Waals surface area contributed by atoms with Crippen LogP contribution in [-0.4, -0.2) is 0 Å². The van der Waals surface area contributed by atoms with E-state index in [-0.39, 0.29) is 0 Å². The van der Waals surface area contributed by atoms with Gasteiger partial charge in [-0.3, -0.25) is 0 Å². The number of allylic oxidation sites excluding steroid dienone is 6. The van der Waals surface area contributed by atoms with Crippen LogP contribution < -0.4 is 0 Å². The summed E-state index contributed by atoms with van der Waals surface area (Å²) in [6, 6.07) is 0. The van der Waals surface area contributed by atoms with Crippen LogP contribution in [0.1, 0.15) is 34.6 Å². The summed E-state index contributed by atoms with van der Waals surface area (Å²) in [5.41, 5.74) is 2.65. The van der Waals surface area contributed by atoms with Crippen LogP contribution >= 0.6 is 0 Å². The Hall–Kier alpha value is -0.780. The van der Waals surface area contributed by atoms with Crippen molar-refractivity contribution in [3.63, 3.8) is 0 Å². The van der Waals surface area contributed by atoms with Gasteiger partial charge >= 0.3 is 0 Å². The zero-order valence-electron chi connectivity index (χ0n) is 8.89. The van der Waals surface area contributed by atoms with Crippen LogP contribution in [0.3, 0.4) is 0 Å². The predicted octanol–water partition coefficient (Wildman–Crippen LogP) is 4.11. The minimum atomic E-state index is 0.639. The third-order valence-corrected chi connectivity index (χ3v) is 1.42. The highest BCUT2D eigenvalue weighted by atomic mass is 13.9. The Kier molecular flexibility index (Phi) is 5.44. The van der Waals surface area contributed by atoms with Gasteiger partial charge in [0.05, 0.1) is 0 Å². The first kappa shape index (κ1) is 11.2. The van der Waals surface area contributed by atoms with Crippen molar-refractivity contribution in [2.45, 2.75) is 34.6 Å². The smallest absolute Gasteiger partial charge is 0.0287 e. The minimum absolute atomic E-state index is 0.639. The molecule has 0 unspecified atom stereocenters. The van der Waals surface area contributed by atoms with Gasteiger partial charge in [-0.25, -0.2) is 0 Å². The molecule has 0 spiro atoms. The summed E-state index contributed by atoms with van der Waals surface area (Å²) in [5, 5.41) is 0. The predicted molar refractivity (Wildman–Crippen MR) is 57.2 cm³/mol. The van der Waals surface area contributed by atoms with E-state index in [2.05, 4.69) is 58.9 Å². The molecule has 0 aromatic rings. The second-order valence-electron chi connectivity index (χ2n) is 3.76. The highest BCUT2D eigenvalue weighted by Crippen LogP contribution is 2.01. The van der Waals surface area contributed by atoms with Crippen molar-refractivity contribution in [2.75, 3.05) is 0 Å². The van der Waals surface area contributed by atoms with E-state index in [0.717, 1.165) is 0 Å². The molecule has 0 nitrogen and oxygen atoms in total. The minimum Gasteiger partial charge on any atom is -0.0817 e. The number of hydrogen-bond acceptors (Lipinski definition) is 0. The zero-order chi connectivity index (χ0) is 9.56. The van der Waals surface area contributed by atoms with Gasteiger partial charge in [0.1, 0.15) is 0 Å². The second-order valence-corrected chi connectivity index (χ2v) is 3.76. The van der Waals surface area contributed by atoms with E-state index in [4.69, 9.17) is 0 Å². The van der Waals surface area contributed by atoms with Crippen molar-refractivity contribution < 1.29 is 0 Å². The van der Waals surface area contributed by atoms with Gasteiger partial charge in [-0.05, 0) is 26.7 Å². The Balaban J connectivity index is 4.12. The summed E-state index contributed by atoms with van der Waals surface area (Å²) in [7, 11) is 0. The summed E-state index contributed by atoms with van der Waals surface area (Å²) in [4.78, 5) is 0. The average molecular weight is 164 g/mol. The van der Waals surface area contributed by atoms with E-state index in [1.54, 1.807) is 0 Å². The maximum absolute atomic E-state index is 2.21. The molecule has 0 aliphatic carbocycles. The maximum atomic E-state index is 2.21. The third kappa shape index (κ3) is 7.33. The molecule has 0 radical (unpaired) electrons. The molecule has 0 aliphatic rings. The van der Waals surface area contributed by atoms with Gasteiger partial charge in [0.15, 0.2) is 0 Å². The van der Waals surface area contributed by atoms with Gasteiger partial charge in [-0.1, -0.05) is 49.3 Å². The Morgan fingerprint density at radius 2 is 1.58 bits per heavy atom. The monoisotopic (exact) mass is 164 g/mol. The molecule has 12 heavy (non-hydrogen) atoms. The molecular weight excluding hydrogens is 144 g/mol. The molecule has 0 amide bonds. The summed E-state index contributed by atoms with van der Waals surface area (Å²) >= 11 is 0. The second kappa shape index (κ2) is 5.82. The molecule has 0 bridgehead atoms. The fourth-order valence-corrected chi connectivity index (χ4v) is 0.698. The molecule has 0 aromatic heterocycles. The van der Waals surface area contributed by atoms with Crippen molar-refractivity contribution in [2.24, 2.45) is 5.92 Å². The Morgan fingerprint density at radius 3 is 2.00 bits per heavy atom. The highest BCUT2D eigenvalue weighted by molar-refractivity contribution is 5.23. The first-order valence-corrected chi connectivity index (χ1v) is 4.52. The molecule has 0 aromatic carbocycles. The number of hydrogen-bond donors (Lipinski definition) is 0. The van der Waals surface area contributed by atoms with E-state index in [9.17, 15) is 0 Å². The summed E-state index contributed by atoms with van der Waals surface area (Å²) in [6.45, 7) is 10.7. The van der Waals surface area contributed by atoms with Crippen molar-refractivity contribution in [3.05, 3.63) is 35.5 Å². The average Bonchev–Trinajstić information content (AvgIpc) is 1.96. The van der Waals surface area contributed by atoms with Crippen LogP contribution in [0.5, 0.6) is 0 Å². The lowest BCUT2D eigenvalue weighted by atomic mass is 10.1. The molecule has 0 saturated heterocycles. The van der Waals surface area contributed by atoms with Crippen LogP contribution in [0.2, 0.25) is 0 Å². The lowest BCUT2D eigenvalue weighted by molar-refractivity contribution is 0.831. The topological polar surface area (TPSA) is 0 Å². The molecule has 0 atom stereocenters. The fourth-order valence-electron chi connectivity index (χ4n) is 0.698. The van der Waals surface area contributed by atoms with Crippen molar-refractivity contribution >= 4 is 0 Å². The molecular formula is C12H20. The van der Waals surface area contributed by atoms with E-state index >= 15 is 0 Å². The zero-order valence-corrected chi connectivity index (χ0v) is 8.89. The van der Waals surface area contributed by atoms with E-state index in [1.807, 2.05) is 0 Å². The first-order chi connectivity index (χ1) is 5.52. The SMILES string of the molecule is CC(C)=C/C=C(C)/C=C/C(C)C. The largest absolute Gasteiger partial charge is 0.0817 e. The quantitative estimate of drug-likeness (QED) is 0.551. The van der Waals surface area contributed by atoms with E-state index in [1.165, 1.54) is 11.1 Å². The van der Waals surface area contributed by atoms with E-state index < -0.39 is 0 Å². The van der Waals surface area contributed by atoms with Crippen molar-refractivity contribution in [3.8, 4) is 0 Å². The standard InChI is InChI=1S/C12H20/c1-10(2)6-8-12(5)9-7-11(3)4/h6-10H,1-5H3/b8-6+,12-9+. The Labute approximate surface area is 76.7 Å². The fraction of sp³-hybridized carbons (Fsp3) is 0.500. The van der Waals surface area contributed by atoms with Gasteiger partial charge in [-0.15, -0.1) is 0 Å². The molecule has 0 heterocycles. The molecule has 0 N–H and O–H groups in total. The molecule has 0 fully saturated rings. The Bertz CT molecular complexity index is 198. The van der Waals surface area contributed by atoms with Crippen LogP contribution in [0.15, 0.2) is 35.5 Å². The summed E-state index contributed by atoms with van der Waals surface area (Å²) < 4.78 is 0. The van der Waals surface area contributed by atoms with Crippen LogP contribution in [0.25, 0.3) is 0 Å². The summed E-state index contributed by atoms with van der Waals surface area (Å²) in [6.07, 6.45) is 8.67. The first-order valence-electron chi connectivity index (χ1n) is 4.52. The lowest BCUT2D eigenvalue weighted by Gasteiger charge is -1.93. The van der Waals surface area contributed by atoms with Gasteiger partial charge in [0, 0.05) is 0 Å². The van der Waals surface area contributed by atoms with Gasteiger partial charge in [0.25, 0.3) is 0 Å². The normalized spacial score (nSPS) is 12.7. The Morgan fingerprint density at radius 1 is 1.00 bits per heavy atom. The van der Waals surface area contributed by atoms with Crippen LogP contribution in [0.4, 0.5) is 0 Å². The third-order valence-electron chi connectivity index (χ3n) is 1.42. The van der Waals surface area contributed by atoms with Crippen molar-refractivity contribution in [1.29, 1.82) is 0 Å². The van der Waals surface area contributed by atoms with Gasteiger partial charge in [-0.2, -0.15) is 0 Å². The van der Waals surface area contributed by atoms with Gasteiger partial charge in [0.2, 0.25) is 0 Å². The molecule has 0 heteroatoms. The van der Waals surface area contributed by atoms with E-state index in [0.29, 0.717) is 5.92 Å². The number of rotatable bonds is 3. The van der Waals surface area contributed by atoms with Crippen molar-refractivity contribution in [1.82, 2.24) is 0 Å². The van der Waals surface area contributed by atoms with Gasteiger partial charge < -0.3 is 0 Å². The van der Waals surface area contributed by atoms with Crippen LogP contribution in [0, 0.1) is 5.92 Å². The molecule has 68 valence electrons. The maximum Gasteiger partial charge on any atom is -0.0287 e. The van der Waals surface area contributed by atoms with Crippen LogP contribution in [-0.2, 0) is 0 Å².